The Labute approximate surface area is 117 Å². The van der Waals surface area contributed by atoms with Gasteiger partial charge < -0.3 is 10.1 Å². The lowest BCUT2D eigenvalue weighted by Crippen LogP contribution is -2.31. The Bertz CT molecular complexity index is 407. The Morgan fingerprint density at radius 2 is 2.17 bits per heavy atom. The van der Waals surface area contributed by atoms with E-state index in [1.54, 1.807) is 0 Å². The van der Waals surface area contributed by atoms with Gasteiger partial charge in [0.15, 0.2) is 0 Å². The monoisotopic (exact) mass is 313 g/mol. The quantitative estimate of drug-likeness (QED) is 0.809. The summed E-state index contributed by atoms with van der Waals surface area (Å²) in [6, 6.07) is 5.64. The van der Waals surface area contributed by atoms with Gasteiger partial charge in [-0.1, -0.05) is 35.3 Å². The lowest BCUT2D eigenvalue weighted by Gasteiger charge is -2.19. The van der Waals surface area contributed by atoms with Gasteiger partial charge in [0.2, 0.25) is 0 Å². The molecule has 0 spiro atoms. The Morgan fingerprint density at radius 1 is 1.44 bits per heavy atom. The molecular weight excluding hydrogens is 294 g/mol. The molecule has 0 heterocycles. The van der Waals surface area contributed by atoms with Gasteiger partial charge in [-0.3, -0.25) is 0 Å². The minimum atomic E-state index is -0.275. The van der Waals surface area contributed by atoms with Gasteiger partial charge in [-0.25, -0.2) is 4.79 Å². The summed E-state index contributed by atoms with van der Waals surface area (Å²) < 4.78 is 6.12. The van der Waals surface area contributed by atoms with E-state index < -0.39 is 0 Å². The maximum absolute atomic E-state index is 11.8. The molecular formula is C14H20BrNO2. The second-order valence-corrected chi connectivity index (χ2v) is 5.00. The molecule has 1 atom stereocenters. The van der Waals surface area contributed by atoms with Crippen LogP contribution in [0.1, 0.15) is 32.3 Å². The second-order valence-electron chi connectivity index (χ2n) is 4.15. The van der Waals surface area contributed by atoms with Gasteiger partial charge in [-0.05, 0) is 38.0 Å². The maximum atomic E-state index is 11.8. The van der Waals surface area contributed by atoms with Crippen molar-refractivity contribution in [3.63, 3.8) is 0 Å². The largest absolute Gasteiger partial charge is 0.464 e. The molecule has 0 saturated carbocycles. The molecule has 3 nitrogen and oxygen atoms in total. The number of anilines is 1. The Kier molecular flexibility index (Phi) is 6.19. The molecule has 1 aromatic rings. The molecule has 0 aromatic heterocycles. The zero-order valence-electron chi connectivity index (χ0n) is 11.1. The van der Waals surface area contributed by atoms with Crippen molar-refractivity contribution in [2.75, 3.05) is 11.9 Å². The first-order valence-corrected chi connectivity index (χ1v) is 7.07. The molecule has 1 rings (SSSR count). The van der Waals surface area contributed by atoms with Gasteiger partial charge in [-0.2, -0.15) is 0 Å². The number of benzene rings is 1. The maximum Gasteiger partial charge on any atom is 0.328 e. The highest BCUT2D eigenvalue weighted by Crippen LogP contribution is 2.24. The Hall–Kier alpha value is -1.03. The molecule has 0 bridgehead atoms. The van der Waals surface area contributed by atoms with Crippen LogP contribution in [0.5, 0.6) is 0 Å². The number of ether oxygens (including phenoxy) is 1. The fraction of sp³-hybridized carbons (Fsp3) is 0.500. The first-order chi connectivity index (χ1) is 8.60. The standard InChI is InChI=1S/C14H20BrNO2/c1-4-7-13(14(17)18-5-2)16-12-9-6-8-11(15)10(12)3/h6,8-9,13,16H,4-5,7H2,1-3H3. The number of carbonyl (C=O) groups is 1. The van der Waals surface area contributed by atoms with E-state index in [9.17, 15) is 4.79 Å². The summed E-state index contributed by atoms with van der Waals surface area (Å²) in [4.78, 5) is 11.8. The molecule has 18 heavy (non-hydrogen) atoms. The van der Waals surface area contributed by atoms with Crippen molar-refractivity contribution in [1.82, 2.24) is 0 Å². The molecule has 0 aliphatic rings. The van der Waals surface area contributed by atoms with Crippen LogP contribution in [0.4, 0.5) is 5.69 Å². The average molecular weight is 314 g/mol. The topological polar surface area (TPSA) is 38.3 Å². The number of carbonyl (C=O) groups excluding carboxylic acids is 1. The molecule has 1 aromatic carbocycles. The van der Waals surface area contributed by atoms with Crippen molar-refractivity contribution in [3.05, 3.63) is 28.2 Å². The molecule has 100 valence electrons. The van der Waals surface area contributed by atoms with Crippen LogP contribution in [0.3, 0.4) is 0 Å². The number of rotatable bonds is 6. The summed E-state index contributed by atoms with van der Waals surface area (Å²) in [6.45, 7) is 6.31. The van der Waals surface area contributed by atoms with Gasteiger partial charge in [0.05, 0.1) is 6.61 Å². The van der Waals surface area contributed by atoms with Crippen molar-refractivity contribution >= 4 is 27.6 Å². The van der Waals surface area contributed by atoms with Gasteiger partial charge in [-0.15, -0.1) is 0 Å². The third kappa shape index (κ3) is 4.02. The minimum absolute atomic E-state index is 0.182. The molecule has 0 saturated heterocycles. The Balaban J connectivity index is 2.82. The normalized spacial score (nSPS) is 12.0. The number of nitrogens with one attached hydrogen (secondary N) is 1. The van der Waals surface area contributed by atoms with Crippen LogP contribution in [-0.4, -0.2) is 18.6 Å². The van der Waals surface area contributed by atoms with Crippen molar-refractivity contribution in [2.45, 2.75) is 39.7 Å². The fourth-order valence-electron chi connectivity index (χ4n) is 1.73. The zero-order valence-corrected chi connectivity index (χ0v) is 12.7. The molecule has 0 fully saturated rings. The highest BCUT2D eigenvalue weighted by Gasteiger charge is 2.19. The van der Waals surface area contributed by atoms with E-state index in [1.165, 1.54) is 0 Å². The van der Waals surface area contributed by atoms with E-state index in [0.717, 1.165) is 28.6 Å². The first kappa shape index (κ1) is 15.0. The van der Waals surface area contributed by atoms with Crippen molar-refractivity contribution in [1.29, 1.82) is 0 Å². The predicted octanol–water partition coefficient (Wildman–Crippen LogP) is 3.90. The lowest BCUT2D eigenvalue weighted by atomic mass is 10.1. The van der Waals surface area contributed by atoms with E-state index >= 15 is 0 Å². The SMILES string of the molecule is CCCC(Nc1cccc(Br)c1C)C(=O)OCC. The lowest BCUT2D eigenvalue weighted by molar-refractivity contribution is -0.144. The van der Waals surface area contributed by atoms with Crippen molar-refractivity contribution in [3.8, 4) is 0 Å². The first-order valence-electron chi connectivity index (χ1n) is 6.28. The predicted molar refractivity (Wildman–Crippen MR) is 77.8 cm³/mol. The summed E-state index contributed by atoms with van der Waals surface area (Å²) in [5.74, 6) is -0.182. The van der Waals surface area contributed by atoms with Crippen molar-refractivity contribution < 1.29 is 9.53 Å². The molecule has 0 aliphatic carbocycles. The molecule has 4 heteroatoms. The zero-order chi connectivity index (χ0) is 13.5. The average Bonchev–Trinajstić information content (AvgIpc) is 2.34. The molecule has 0 aliphatic heterocycles. The molecule has 0 amide bonds. The van der Waals surface area contributed by atoms with Crippen LogP contribution in [0.2, 0.25) is 0 Å². The van der Waals surface area contributed by atoms with Crippen LogP contribution in [0.25, 0.3) is 0 Å². The molecule has 0 radical (unpaired) electrons. The van der Waals surface area contributed by atoms with Crippen molar-refractivity contribution in [2.24, 2.45) is 0 Å². The van der Waals surface area contributed by atoms with E-state index in [1.807, 2.05) is 32.0 Å². The fourth-order valence-corrected chi connectivity index (χ4v) is 2.10. The van der Waals surface area contributed by atoms with E-state index in [-0.39, 0.29) is 12.0 Å². The second kappa shape index (κ2) is 7.41. The smallest absolute Gasteiger partial charge is 0.328 e. The third-order valence-electron chi connectivity index (χ3n) is 2.75. The summed E-state index contributed by atoms with van der Waals surface area (Å²) in [5.41, 5.74) is 2.07. The van der Waals surface area contributed by atoms with E-state index in [4.69, 9.17) is 4.74 Å². The Morgan fingerprint density at radius 3 is 2.78 bits per heavy atom. The number of hydrogen-bond acceptors (Lipinski definition) is 3. The summed E-state index contributed by atoms with van der Waals surface area (Å²) in [7, 11) is 0. The highest BCUT2D eigenvalue weighted by atomic mass is 79.9. The van der Waals surface area contributed by atoms with Crippen LogP contribution in [-0.2, 0) is 9.53 Å². The van der Waals surface area contributed by atoms with Crippen LogP contribution in [0, 0.1) is 6.92 Å². The van der Waals surface area contributed by atoms with Gasteiger partial charge in [0.25, 0.3) is 0 Å². The third-order valence-corrected chi connectivity index (χ3v) is 3.60. The van der Waals surface area contributed by atoms with E-state index in [2.05, 4.69) is 28.2 Å². The highest BCUT2D eigenvalue weighted by molar-refractivity contribution is 9.10. The van der Waals surface area contributed by atoms with Crippen LogP contribution < -0.4 is 5.32 Å². The number of halogens is 1. The summed E-state index contributed by atoms with van der Waals surface area (Å²) in [6.07, 6.45) is 1.70. The number of esters is 1. The van der Waals surface area contributed by atoms with Crippen LogP contribution in [0.15, 0.2) is 22.7 Å². The molecule has 1 N–H and O–H groups in total. The van der Waals surface area contributed by atoms with Gasteiger partial charge in [0.1, 0.15) is 6.04 Å². The number of hydrogen-bond donors (Lipinski definition) is 1. The summed E-state index contributed by atoms with van der Waals surface area (Å²) in [5, 5.41) is 3.27. The van der Waals surface area contributed by atoms with E-state index in [0.29, 0.717) is 6.61 Å². The van der Waals surface area contributed by atoms with Crippen LogP contribution >= 0.6 is 15.9 Å². The van der Waals surface area contributed by atoms with Gasteiger partial charge in [0, 0.05) is 10.2 Å². The molecule has 1 unspecified atom stereocenters. The summed E-state index contributed by atoms with van der Waals surface area (Å²) >= 11 is 3.49. The minimum Gasteiger partial charge on any atom is -0.464 e. The van der Waals surface area contributed by atoms with Gasteiger partial charge >= 0.3 is 5.97 Å².